The molecule has 1 N–H and O–H groups in total. The van der Waals surface area contributed by atoms with Gasteiger partial charge < -0.3 is 9.88 Å². The predicted octanol–water partition coefficient (Wildman–Crippen LogP) is 5.52. The molecule has 2 nitrogen and oxygen atoms in total. The van der Waals surface area contributed by atoms with Crippen LogP contribution >= 0.6 is 11.6 Å². The molecule has 1 fully saturated rings. The zero-order valence-corrected chi connectivity index (χ0v) is 14.6. The molecule has 0 saturated carbocycles. The summed E-state index contributed by atoms with van der Waals surface area (Å²) >= 11 is 6.20. The molecule has 0 bridgehead atoms. The van der Waals surface area contributed by atoms with Crippen LogP contribution in [-0.2, 0) is 6.42 Å². The van der Waals surface area contributed by atoms with Gasteiger partial charge >= 0.3 is 0 Å². The van der Waals surface area contributed by atoms with Gasteiger partial charge in [0.2, 0.25) is 0 Å². The Morgan fingerprint density at radius 1 is 0.958 bits per heavy atom. The summed E-state index contributed by atoms with van der Waals surface area (Å²) in [5.74, 6) is 0. The van der Waals surface area contributed by atoms with E-state index in [4.69, 9.17) is 11.6 Å². The summed E-state index contributed by atoms with van der Waals surface area (Å²) in [4.78, 5) is 6.21. The zero-order chi connectivity index (χ0) is 16.4. The van der Waals surface area contributed by atoms with E-state index in [2.05, 4.69) is 46.3 Å². The molecule has 1 aromatic heterocycles. The van der Waals surface area contributed by atoms with Crippen molar-refractivity contribution in [1.82, 2.24) is 9.88 Å². The summed E-state index contributed by atoms with van der Waals surface area (Å²) in [6.07, 6.45) is 5.15. The minimum atomic E-state index is 0.783. The van der Waals surface area contributed by atoms with Gasteiger partial charge in [-0.15, -0.1) is 0 Å². The second-order valence-electron chi connectivity index (χ2n) is 6.69. The number of nitrogens with one attached hydrogen (secondary N) is 1. The fraction of sp³-hybridized carbons (Fsp3) is 0.333. The van der Waals surface area contributed by atoms with Gasteiger partial charge in [-0.25, -0.2) is 0 Å². The van der Waals surface area contributed by atoms with E-state index in [0.29, 0.717) is 0 Å². The number of fused-ring (bicyclic) bond motifs is 1. The number of aromatic amines is 1. The molecule has 1 saturated heterocycles. The standard InChI is InChI=1S/C21H23ClN2/c22-17-9-10-18-19(11-14-24-12-5-2-6-13-24)21(23-20(18)15-17)16-7-3-1-4-8-16/h1,3-4,7-10,15,23H,2,5-6,11-14H2. The van der Waals surface area contributed by atoms with Crippen LogP contribution in [0.25, 0.3) is 22.2 Å². The van der Waals surface area contributed by atoms with Crippen molar-refractivity contribution in [3.05, 3.63) is 59.1 Å². The Hall–Kier alpha value is -1.77. The maximum absolute atomic E-state index is 6.20. The van der Waals surface area contributed by atoms with Gasteiger partial charge in [0.1, 0.15) is 0 Å². The number of benzene rings is 2. The van der Waals surface area contributed by atoms with Crippen LogP contribution in [0.1, 0.15) is 24.8 Å². The molecule has 24 heavy (non-hydrogen) atoms. The van der Waals surface area contributed by atoms with Gasteiger partial charge in [-0.1, -0.05) is 54.4 Å². The molecule has 1 aliphatic rings. The second kappa shape index (κ2) is 7.00. The van der Waals surface area contributed by atoms with E-state index in [1.54, 1.807) is 0 Å². The van der Waals surface area contributed by atoms with E-state index in [9.17, 15) is 0 Å². The fourth-order valence-corrected chi connectivity index (χ4v) is 3.96. The highest BCUT2D eigenvalue weighted by Gasteiger charge is 2.16. The van der Waals surface area contributed by atoms with Gasteiger partial charge in [-0.05, 0) is 55.6 Å². The lowest BCUT2D eigenvalue weighted by atomic mass is 10.0. The predicted molar refractivity (Wildman–Crippen MR) is 103 cm³/mol. The van der Waals surface area contributed by atoms with E-state index in [1.807, 2.05) is 12.1 Å². The van der Waals surface area contributed by atoms with Gasteiger partial charge in [0.15, 0.2) is 0 Å². The third kappa shape index (κ3) is 3.22. The Morgan fingerprint density at radius 2 is 1.75 bits per heavy atom. The first kappa shape index (κ1) is 15.7. The molecule has 124 valence electrons. The van der Waals surface area contributed by atoms with Crippen LogP contribution in [0.5, 0.6) is 0 Å². The minimum absolute atomic E-state index is 0.783. The van der Waals surface area contributed by atoms with E-state index < -0.39 is 0 Å². The number of likely N-dealkylation sites (tertiary alicyclic amines) is 1. The molecular formula is C21H23ClN2. The third-order valence-electron chi connectivity index (χ3n) is 5.06. The lowest BCUT2D eigenvalue weighted by molar-refractivity contribution is 0.232. The smallest absolute Gasteiger partial charge is 0.0497 e. The van der Waals surface area contributed by atoms with Crippen LogP contribution in [0, 0.1) is 0 Å². The largest absolute Gasteiger partial charge is 0.354 e. The number of nitrogens with zero attached hydrogens (tertiary/aromatic N) is 1. The normalized spacial score (nSPS) is 15.9. The average molecular weight is 339 g/mol. The van der Waals surface area contributed by atoms with Crippen LogP contribution in [0.15, 0.2) is 48.5 Å². The maximum atomic E-state index is 6.20. The number of hydrogen-bond donors (Lipinski definition) is 1. The Bertz CT molecular complexity index is 816. The zero-order valence-electron chi connectivity index (χ0n) is 13.9. The Morgan fingerprint density at radius 3 is 2.54 bits per heavy atom. The average Bonchev–Trinajstić information content (AvgIpc) is 2.99. The molecule has 0 radical (unpaired) electrons. The van der Waals surface area contributed by atoms with E-state index in [1.165, 1.54) is 54.6 Å². The lowest BCUT2D eigenvalue weighted by Crippen LogP contribution is -2.31. The molecule has 0 amide bonds. The van der Waals surface area contributed by atoms with Crippen molar-refractivity contribution in [3.63, 3.8) is 0 Å². The molecule has 1 aliphatic heterocycles. The van der Waals surface area contributed by atoms with E-state index >= 15 is 0 Å². The van der Waals surface area contributed by atoms with Gasteiger partial charge in [0.05, 0.1) is 0 Å². The van der Waals surface area contributed by atoms with Crippen molar-refractivity contribution in [2.45, 2.75) is 25.7 Å². The summed E-state index contributed by atoms with van der Waals surface area (Å²) in [5.41, 5.74) is 5.04. The van der Waals surface area contributed by atoms with Crippen molar-refractivity contribution in [3.8, 4) is 11.3 Å². The van der Waals surface area contributed by atoms with Crippen molar-refractivity contribution in [1.29, 1.82) is 0 Å². The van der Waals surface area contributed by atoms with Crippen molar-refractivity contribution < 1.29 is 0 Å². The van der Waals surface area contributed by atoms with Gasteiger partial charge in [-0.2, -0.15) is 0 Å². The van der Waals surface area contributed by atoms with E-state index in [-0.39, 0.29) is 0 Å². The highest BCUT2D eigenvalue weighted by Crippen LogP contribution is 2.32. The van der Waals surface area contributed by atoms with Gasteiger partial charge in [0.25, 0.3) is 0 Å². The molecule has 2 heterocycles. The number of halogens is 1. The van der Waals surface area contributed by atoms with Gasteiger partial charge in [-0.3, -0.25) is 0 Å². The molecular weight excluding hydrogens is 316 g/mol. The quantitative estimate of drug-likeness (QED) is 0.664. The van der Waals surface area contributed by atoms with Crippen molar-refractivity contribution >= 4 is 22.5 Å². The highest BCUT2D eigenvalue weighted by molar-refractivity contribution is 6.31. The highest BCUT2D eigenvalue weighted by atomic mass is 35.5. The molecule has 0 spiro atoms. The van der Waals surface area contributed by atoms with Crippen molar-refractivity contribution in [2.24, 2.45) is 0 Å². The van der Waals surface area contributed by atoms with Crippen LogP contribution in [0.4, 0.5) is 0 Å². The molecule has 3 aromatic rings. The third-order valence-corrected chi connectivity index (χ3v) is 5.29. The Kier molecular flexibility index (Phi) is 4.59. The van der Waals surface area contributed by atoms with E-state index in [0.717, 1.165) is 23.5 Å². The summed E-state index contributed by atoms with van der Waals surface area (Å²) < 4.78 is 0. The first-order valence-electron chi connectivity index (χ1n) is 8.89. The number of H-pyrrole nitrogens is 1. The Labute approximate surface area is 148 Å². The molecule has 3 heteroatoms. The molecule has 4 rings (SSSR count). The summed E-state index contributed by atoms with van der Waals surface area (Å²) in [6, 6.07) is 16.8. The van der Waals surface area contributed by atoms with Crippen LogP contribution in [-0.4, -0.2) is 29.5 Å². The molecule has 0 atom stereocenters. The first-order valence-corrected chi connectivity index (χ1v) is 9.27. The van der Waals surface area contributed by atoms with Crippen LogP contribution in [0.3, 0.4) is 0 Å². The number of aromatic nitrogens is 1. The fourth-order valence-electron chi connectivity index (χ4n) is 3.79. The molecule has 0 aliphatic carbocycles. The maximum Gasteiger partial charge on any atom is 0.0497 e. The number of piperidine rings is 1. The SMILES string of the molecule is Clc1ccc2c(CCN3CCCCC3)c(-c3ccccc3)[nH]c2c1. The molecule has 0 unspecified atom stereocenters. The van der Waals surface area contributed by atoms with Crippen LogP contribution < -0.4 is 0 Å². The second-order valence-corrected chi connectivity index (χ2v) is 7.12. The summed E-state index contributed by atoms with van der Waals surface area (Å²) in [7, 11) is 0. The monoisotopic (exact) mass is 338 g/mol. The lowest BCUT2D eigenvalue weighted by Gasteiger charge is -2.26. The number of rotatable bonds is 4. The van der Waals surface area contributed by atoms with Crippen molar-refractivity contribution in [2.75, 3.05) is 19.6 Å². The van der Waals surface area contributed by atoms with Gasteiger partial charge in [0, 0.05) is 28.2 Å². The first-order chi connectivity index (χ1) is 11.8. The summed E-state index contributed by atoms with van der Waals surface area (Å²) in [5, 5.41) is 2.08. The molecule has 2 aromatic carbocycles. The summed E-state index contributed by atoms with van der Waals surface area (Å²) in [6.45, 7) is 3.62. The Balaban J connectivity index is 1.70. The minimum Gasteiger partial charge on any atom is -0.354 e. The topological polar surface area (TPSA) is 19.0 Å². The van der Waals surface area contributed by atoms with Crippen LogP contribution in [0.2, 0.25) is 5.02 Å². The number of hydrogen-bond acceptors (Lipinski definition) is 1.